The monoisotopic (exact) mass is 779 g/mol. The van der Waals surface area contributed by atoms with E-state index in [4.69, 9.17) is 20.8 Å². The molecular weight excluding hydrogens is 709 g/mol. The molecule has 5 aliphatic carbocycles. The van der Waals surface area contributed by atoms with E-state index in [0.717, 1.165) is 24.8 Å². The van der Waals surface area contributed by atoms with Crippen LogP contribution in [0.2, 0.25) is 0 Å². The molecule has 9 heteroatoms. The average Bonchev–Trinajstić information content (AvgIpc) is 3.69. The number of rotatable bonds is 11. The van der Waals surface area contributed by atoms with Crippen molar-refractivity contribution < 1.29 is 43.9 Å². The highest BCUT2D eigenvalue weighted by Gasteiger charge is 2.86. The third-order valence-corrected chi connectivity index (χ3v) is 17.0. The van der Waals surface area contributed by atoms with Gasteiger partial charge in [0, 0.05) is 33.0 Å². The molecule has 2 unspecified atom stereocenters. The van der Waals surface area contributed by atoms with Crippen molar-refractivity contribution in [2.45, 2.75) is 152 Å². The normalized spacial score (nSPS) is 43.4. The number of fused-ring (bicyclic) bond motifs is 1. The molecule has 0 radical (unpaired) electrons. The first-order valence-corrected chi connectivity index (χ1v) is 20.8. The summed E-state index contributed by atoms with van der Waals surface area (Å²) in [5.74, 6) is -1.77. The van der Waals surface area contributed by atoms with Crippen molar-refractivity contribution in [3.63, 3.8) is 0 Å². The van der Waals surface area contributed by atoms with Crippen LogP contribution in [0.1, 0.15) is 128 Å². The van der Waals surface area contributed by atoms with Gasteiger partial charge in [-0.25, -0.2) is 14.4 Å². The molecule has 9 nitrogen and oxygen atoms in total. The van der Waals surface area contributed by atoms with Gasteiger partial charge in [-0.05, 0) is 121 Å². The van der Waals surface area contributed by atoms with Gasteiger partial charge < -0.3 is 29.5 Å². The van der Waals surface area contributed by atoms with Gasteiger partial charge in [0.05, 0.1) is 30.3 Å². The van der Waals surface area contributed by atoms with E-state index in [1.54, 1.807) is 59.8 Å². The molecule has 0 saturated heterocycles. The van der Waals surface area contributed by atoms with Gasteiger partial charge in [-0.15, -0.1) is 6.58 Å². The van der Waals surface area contributed by atoms with Crippen molar-refractivity contribution in [2.24, 2.45) is 49.7 Å². The summed E-state index contributed by atoms with van der Waals surface area (Å²) in [6, 6.07) is 0. The number of carbonyl (C=O) groups is 3. The molecule has 5 rings (SSSR count). The fourth-order valence-corrected chi connectivity index (χ4v) is 12.9. The molecule has 0 bridgehead atoms. The molecule has 5 aliphatic rings. The molecule has 1 spiro atoms. The SMILES string of the molecule is C=CC[C@@]12C(=C)[C@@]13CC[C@H](O)[C@](C)(COC(=O)/C(C)=C\C)C3CC[C@@]2(C)[C@@]1(C)CC2CC(C)(C)[C@@H](O)[C@H](OC(=O)/C(C)=C\C)[C@]2(COC(=O)/C(C)=C\C)[C@H](O)C1. The summed E-state index contributed by atoms with van der Waals surface area (Å²) in [6.07, 6.45) is 8.02. The van der Waals surface area contributed by atoms with Crippen LogP contribution in [-0.2, 0) is 28.6 Å². The van der Waals surface area contributed by atoms with E-state index in [9.17, 15) is 29.7 Å². The first-order valence-electron chi connectivity index (χ1n) is 20.8. The Hall–Kier alpha value is -3.01. The van der Waals surface area contributed by atoms with Crippen LogP contribution in [0.4, 0.5) is 0 Å². The standard InChI is InChI=1S/C47H70O9/c1-14-20-47-31(8)46(47)22-19-34(48)43(12,26-54-38(51)28(5)15-2)33(46)18-21-44(47,13)42(11)24-32-23-41(9,10)36(50)37(56-40(53)30(7)17-4)45(32,35(49)25-42)27-55-39(52)29(6)16-3/h14-17,32-37,48-50H,1,8,18-27H2,2-7,9-13H3/b28-15-,29-16-,30-17-/t32?,33?,34-,35+,36-,37-,42-,43+,44-,45-,46+,47-/m0/s1. The van der Waals surface area contributed by atoms with Crippen LogP contribution < -0.4 is 0 Å². The maximum atomic E-state index is 13.5. The lowest BCUT2D eigenvalue weighted by Crippen LogP contribution is -2.70. The van der Waals surface area contributed by atoms with E-state index >= 15 is 0 Å². The zero-order valence-electron chi connectivity index (χ0n) is 36.0. The van der Waals surface area contributed by atoms with Crippen LogP contribution in [0.25, 0.3) is 0 Å². The van der Waals surface area contributed by atoms with Gasteiger partial charge in [-0.3, -0.25) is 0 Å². The Kier molecular flexibility index (Phi) is 11.8. The summed E-state index contributed by atoms with van der Waals surface area (Å²) in [5, 5.41) is 36.6. The van der Waals surface area contributed by atoms with E-state index in [1.165, 1.54) is 0 Å². The molecule has 3 N–H and O–H groups in total. The number of esters is 3. The quantitative estimate of drug-likeness (QED) is 0.0821. The molecule has 0 aromatic heterocycles. The maximum Gasteiger partial charge on any atom is 0.333 e. The van der Waals surface area contributed by atoms with E-state index in [0.29, 0.717) is 48.8 Å². The number of carbonyl (C=O) groups excluding carboxylic acids is 3. The van der Waals surface area contributed by atoms with Crippen molar-refractivity contribution >= 4 is 17.9 Å². The first-order chi connectivity index (χ1) is 26.0. The van der Waals surface area contributed by atoms with Gasteiger partial charge in [0.2, 0.25) is 0 Å². The van der Waals surface area contributed by atoms with Gasteiger partial charge in [0.25, 0.3) is 0 Å². The minimum atomic E-state index is -1.28. The predicted molar refractivity (Wildman–Crippen MR) is 217 cm³/mol. The van der Waals surface area contributed by atoms with Crippen molar-refractivity contribution in [3.8, 4) is 0 Å². The molecule has 0 aromatic carbocycles. The lowest BCUT2D eigenvalue weighted by molar-refractivity contribution is -0.275. The van der Waals surface area contributed by atoms with Gasteiger partial charge in [-0.2, -0.15) is 0 Å². The van der Waals surface area contributed by atoms with Crippen LogP contribution in [-0.4, -0.2) is 70.9 Å². The molecule has 0 aliphatic heterocycles. The highest BCUT2D eigenvalue weighted by Crippen LogP contribution is 2.91. The summed E-state index contributed by atoms with van der Waals surface area (Å²) in [4.78, 5) is 39.6. The second-order valence-electron chi connectivity index (χ2n) is 19.7. The maximum absolute atomic E-state index is 13.5. The summed E-state index contributed by atoms with van der Waals surface area (Å²) >= 11 is 0. The van der Waals surface area contributed by atoms with Gasteiger partial charge in [0.1, 0.15) is 12.7 Å². The van der Waals surface area contributed by atoms with Crippen molar-refractivity contribution in [1.82, 2.24) is 0 Å². The van der Waals surface area contributed by atoms with E-state index in [2.05, 4.69) is 27.4 Å². The number of hydrogen-bond donors (Lipinski definition) is 3. The Morgan fingerprint density at radius 3 is 1.88 bits per heavy atom. The first kappa shape index (κ1) is 44.1. The summed E-state index contributed by atoms with van der Waals surface area (Å²) in [6.45, 7) is 30.0. The summed E-state index contributed by atoms with van der Waals surface area (Å²) in [5.41, 5.74) is -1.81. The highest BCUT2D eigenvalue weighted by molar-refractivity contribution is 5.88. The van der Waals surface area contributed by atoms with Gasteiger partial charge in [-0.1, -0.05) is 71.1 Å². The molecule has 12 atom stereocenters. The van der Waals surface area contributed by atoms with Crippen molar-refractivity contribution in [2.75, 3.05) is 13.2 Å². The highest BCUT2D eigenvalue weighted by atomic mass is 16.6. The number of aliphatic hydroxyl groups excluding tert-OH is 3. The Morgan fingerprint density at radius 2 is 1.32 bits per heavy atom. The summed E-state index contributed by atoms with van der Waals surface area (Å²) in [7, 11) is 0. The molecule has 0 aromatic rings. The Bertz CT molecular complexity index is 1720. The zero-order valence-corrected chi connectivity index (χ0v) is 36.0. The Morgan fingerprint density at radius 1 is 0.768 bits per heavy atom. The van der Waals surface area contributed by atoms with E-state index in [-0.39, 0.29) is 36.4 Å². The van der Waals surface area contributed by atoms with E-state index < -0.39 is 68.8 Å². The number of ether oxygens (including phenoxy) is 3. The van der Waals surface area contributed by atoms with Gasteiger partial charge in [0.15, 0.2) is 0 Å². The molecule has 312 valence electrons. The van der Waals surface area contributed by atoms with Gasteiger partial charge >= 0.3 is 17.9 Å². The molecule has 5 fully saturated rings. The van der Waals surface area contributed by atoms with Crippen LogP contribution in [0.3, 0.4) is 0 Å². The minimum absolute atomic E-state index is 0.00544. The number of allylic oxidation sites excluding steroid dienone is 5. The molecule has 0 amide bonds. The average molecular weight is 779 g/mol. The zero-order chi connectivity index (χ0) is 42.0. The van der Waals surface area contributed by atoms with E-state index in [1.807, 2.05) is 19.9 Å². The smallest absolute Gasteiger partial charge is 0.333 e. The van der Waals surface area contributed by atoms with Crippen LogP contribution in [0.15, 0.2) is 59.8 Å². The van der Waals surface area contributed by atoms with Crippen LogP contribution in [0, 0.1) is 49.7 Å². The molecule has 56 heavy (non-hydrogen) atoms. The second-order valence-corrected chi connectivity index (χ2v) is 19.7. The minimum Gasteiger partial charge on any atom is -0.462 e. The Balaban J connectivity index is 1.61. The third-order valence-electron chi connectivity index (χ3n) is 17.0. The Labute approximate surface area is 335 Å². The lowest BCUT2D eigenvalue weighted by atomic mass is 9.38. The van der Waals surface area contributed by atoms with Crippen LogP contribution >= 0.6 is 0 Å². The number of aliphatic hydroxyl groups is 3. The van der Waals surface area contributed by atoms with Crippen molar-refractivity contribution in [3.05, 3.63) is 59.8 Å². The second kappa shape index (κ2) is 15.0. The molecule has 5 saturated carbocycles. The predicted octanol–water partition coefficient (Wildman–Crippen LogP) is 8.13. The fourth-order valence-electron chi connectivity index (χ4n) is 12.9. The fraction of sp³-hybridized carbons (Fsp3) is 0.723. The summed E-state index contributed by atoms with van der Waals surface area (Å²) < 4.78 is 18.2. The van der Waals surface area contributed by atoms with Crippen molar-refractivity contribution in [1.29, 1.82) is 0 Å². The number of hydrogen-bond acceptors (Lipinski definition) is 9. The molecule has 0 heterocycles. The largest absolute Gasteiger partial charge is 0.462 e. The topological polar surface area (TPSA) is 140 Å². The lowest BCUT2D eigenvalue weighted by Gasteiger charge is -2.67. The third kappa shape index (κ3) is 6.06. The molecular formula is C47H70O9. The van der Waals surface area contributed by atoms with Crippen LogP contribution in [0.5, 0.6) is 0 Å².